The number of aromatic nitrogens is 2. The highest BCUT2D eigenvalue weighted by Crippen LogP contribution is 2.38. The second-order valence-electron chi connectivity index (χ2n) is 11.6. The van der Waals surface area contributed by atoms with Gasteiger partial charge < -0.3 is 19.8 Å². The summed E-state index contributed by atoms with van der Waals surface area (Å²) in [6, 6.07) is 17.4. The molecule has 2 aromatic heterocycles. The number of Topliss-reactive ketones (excluding diaryl/α,β-unsaturated/α-hetero) is 1. The molecule has 2 amide bonds. The molecule has 37 heavy (non-hydrogen) atoms. The number of benzene rings is 2. The first-order valence-corrected chi connectivity index (χ1v) is 13.0. The monoisotopic (exact) mass is 496 g/mol. The topological polar surface area (TPSA) is 89.3 Å². The maximum Gasteiger partial charge on any atom is 0.254 e. The van der Waals surface area contributed by atoms with Gasteiger partial charge in [0.15, 0.2) is 5.78 Å². The highest BCUT2D eigenvalue weighted by atomic mass is 16.2. The molecule has 0 saturated carbocycles. The van der Waals surface area contributed by atoms with E-state index < -0.39 is 5.92 Å². The number of ketones is 1. The average Bonchev–Trinajstić information content (AvgIpc) is 3.67. The fourth-order valence-electron chi connectivity index (χ4n) is 6.02. The Kier molecular flexibility index (Phi) is 5.48. The number of piperazine rings is 1. The lowest BCUT2D eigenvalue weighted by molar-refractivity contribution is -0.141. The van der Waals surface area contributed by atoms with Crippen LogP contribution >= 0.6 is 0 Å². The van der Waals surface area contributed by atoms with E-state index >= 15 is 0 Å². The van der Waals surface area contributed by atoms with Crippen LogP contribution in [0.3, 0.4) is 0 Å². The predicted octanol–water partition coefficient (Wildman–Crippen LogP) is 5.01. The van der Waals surface area contributed by atoms with Crippen molar-refractivity contribution in [1.82, 2.24) is 19.8 Å². The van der Waals surface area contributed by atoms with E-state index in [2.05, 4.69) is 9.97 Å². The molecular weight excluding hydrogens is 464 g/mol. The summed E-state index contributed by atoms with van der Waals surface area (Å²) in [6.07, 6.45) is 2.81. The summed E-state index contributed by atoms with van der Waals surface area (Å²) >= 11 is 0. The zero-order chi connectivity index (χ0) is 25.9. The Morgan fingerprint density at radius 3 is 2.41 bits per heavy atom. The lowest BCUT2D eigenvalue weighted by atomic mass is 9.76. The number of fused-ring (bicyclic) bond motifs is 4. The van der Waals surface area contributed by atoms with Gasteiger partial charge in [-0.15, -0.1) is 0 Å². The van der Waals surface area contributed by atoms with Crippen LogP contribution < -0.4 is 0 Å². The zero-order valence-electron chi connectivity index (χ0n) is 21.5. The third-order valence-corrected chi connectivity index (χ3v) is 8.15. The number of hydrogen-bond acceptors (Lipinski definition) is 3. The van der Waals surface area contributed by atoms with Gasteiger partial charge in [-0.1, -0.05) is 45.0 Å². The molecule has 2 aromatic carbocycles. The third kappa shape index (κ3) is 4.12. The molecule has 2 aliphatic heterocycles. The zero-order valence-corrected chi connectivity index (χ0v) is 21.5. The Labute approximate surface area is 215 Å². The molecule has 4 aromatic rings. The molecule has 2 bridgehead atoms. The number of rotatable bonds is 5. The van der Waals surface area contributed by atoms with E-state index in [-0.39, 0.29) is 41.5 Å². The molecule has 7 heteroatoms. The first-order chi connectivity index (χ1) is 17.7. The van der Waals surface area contributed by atoms with E-state index in [1.165, 1.54) is 0 Å². The SMILES string of the molecule is CC(C)(C)[C@H](CC(=O)c1cc2ccccc2[nH]1)C(=O)N1C[C@@H]2C[C@H]1CN2C(=O)c1ccc2cc[nH]c2c1. The number of aromatic amines is 2. The summed E-state index contributed by atoms with van der Waals surface area (Å²) in [5.74, 6) is -0.461. The van der Waals surface area contributed by atoms with Crippen LogP contribution in [0.4, 0.5) is 0 Å². The number of likely N-dealkylation sites (tertiary alicyclic amines) is 2. The van der Waals surface area contributed by atoms with Crippen LogP contribution in [0.2, 0.25) is 0 Å². The van der Waals surface area contributed by atoms with E-state index in [1.807, 2.05) is 91.4 Å². The van der Waals surface area contributed by atoms with Gasteiger partial charge >= 0.3 is 0 Å². The van der Waals surface area contributed by atoms with Gasteiger partial charge in [-0.25, -0.2) is 0 Å². The van der Waals surface area contributed by atoms with Gasteiger partial charge in [-0.2, -0.15) is 0 Å². The normalized spacial score (nSPS) is 20.2. The molecule has 0 spiro atoms. The third-order valence-electron chi connectivity index (χ3n) is 8.15. The van der Waals surface area contributed by atoms with Crippen molar-refractivity contribution in [2.45, 2.75) is 45.7 Å². The molecule has 0 radical (unpaired) electrons. The summed E-state index contributed by atoms with van der Waals surface area (Å²) in [5.41, 5.74) is 2.70. The van der Waals surface area contributed by atoms with Crippen LogP contribution in [0.25, 0.3) is 21.8 Å². The van der Waals surface area contributed by atoms with Crippen LogP contribution in [-0.2, 0) is 4.79 Å². The smallest absolute Gasteiger partial charge is 0.254 e. The Balaban J connectivity index is 1.16. The second-order valence-corrected chi connectivity index (χ2v) is 11.6. The molecule has 6 rings (SSSR count). The van der Waals surface area contributed by atoms with Crippen molar-refractivity contribution in [3.63, 3.8) is 0 Å². The van der Waals surface area contributed by atoms with E-state index in [0.29, 0.717) is 24.3 Å². The maximum atomic E-state index is 13.8. The van der Waals surface area contributed by atoms with Gasteiger partial charge in [0, 0.05) is 47.7 Å². The van der Waals surface area contributed by atoms with Gasteiger partial charge in [0.05, 0.1) is 23.7 Å². The predicted molar refractivity (Wildman–Crippen MR) is 143 cm³/mol. The summed E-state index contributed by atoms with van der Waals surface area (Å²) in [5, 5.41) is 2.06. The first-order valence-electron chi connectivity index (χ1n) is 13.0. The number of hydrogen-bond donors (Lipinski definition) is 2. The van der Waals surface area contributed by atoms with Crippen molar-refractivity contribution < 1.29 is 14.4 Å². The fourth-order valence-corrected chi connectivity index (χ4v) is 6.02. The molecule has 2 fully saturated rings. The summed E-state index contributed by atoms with van der Waals surface area (Å²) in [7, 11) is 0. The Bertz CT molecular complexity index is 1490. The fraction of sp³-hybridized carbons (Fsp3) is 0.367. The molecule has 4 heterocycles. The molecule has 3 atom stereocenters. The molecular formula is C30H32N4O3. The number of nitrogens with one attached hydrogen (secondary N) is 2. The highest BCUT2D eigenvalue weighted by Gasteiger charge is 2.49. The summed E-state index contributed by atoms with van der Waals surface area (Å²) in [6.45, 7) is 7.12. The van der Waals surface area contributed by atoms with Gasteiger partial charge in [0.2, 0.25) is 5.91 Å². The van der Waals surface area contributed by atoms with Crippen LogP contribution in [-0.4, -0.2) is 62.5 Å². The van der Waals surface area contributed by atoms with Crippen LogP contribution in [0.5, 0.6) is 0 Å². The maximum absolute atomic E-state index is 13.8. The van der Waals surface area contributed by atoms with Crippen molar-refractivity contribution in [2.24, 2.45) is 11.3 Å². The number of para-hydroxylation sites is 1. The quantitative estimate of drug-likeness (QED) is 0.381. The van der Waals surface area contributed by atoms with Gasteiger partial charge in [0.1, 0.15) is 0 Å². The number of carbonyl (C=O) groups is 3. The van der Waals surface area contributed by atoms with Gasteiger partial charge in [-0.3, -0.25) is 14.4 Å². The highest BCUT2D eigenvalue weighted by molar-refractivity contribution is 6.01. The van der Waals surface area contributed by atoms with Crippen LogP contribution in [0.1, 0.15) is 54.5 Å². The Morgan fingerprint density at radius 2 is 1.68 bits per heavy atom. The molecule has 7 nitrogen and oxygen atoms in total. The lowest BCUT2D eigenvalue weighted by Gasteiger charge is -2.39. The van der Waals surface area contributed by atoms with E-state index in [9.17, 15) is 14.4 Å². The van der Waals surface area contributed by atoms with Crippen molar-refractivity contribution >= 4 is 39.4 Å². The van der Waals surface area contributed by atoms with Crippen LogP contribution in [0.15, 0.2) is 60.8 Å². The van der Waals surface area contributed by atoms with Crippen molar-refractivity contribution in [3.8, 4) is 0 Å². The summed E-state index contributed by atoms with van der Waals surface area (Å²) in [4.78, 5) is 50.6. The van der Waals surface area contributed by atoms with E-state index in [0.717, 1.165) is 28.2 Å². The molecule has 190 valence electrons. The lowest BCUT2D eigenvalue weighted by Crippen LogP contribution is -2.53. The van der Waals surface area contributed by atoms with Gasteiger partial charge in [-0.05, 0) is 47.6 Å². The van der Waals surface area contributed by atoms with Crippen molar-refractivity contribution in [2.75, 3.05) is 13.1 Å². The largest absolute Gasteiger partial charge is 0.361 e. The van der Waals surface area contributed by atoms with E-state index in [1.54, 1.807) is 0 Å². The number of H-pyrrole nitrogens is 2. The summed E-state index contributed by atoms with van der Waals surface area (Å²) < 4.78 is 0. The molecule has 2 N–H and O–H groups in total. The minimum absolute atomic E-state index is 0.00538. The molecule has 0 unspecified atom stereocenters. The minimum atomic E-state index is -0.440. The molecule has 0 aliphatic carbocycles. The minimum Gasteiger partial charge on any atom is -0.361 e. The molecule has 2 saturated heterocycles. The number of nitrogens with zero attached hydrogens (tertiary/aromatic N) is 2. The first kappa shape index (κ1) is 23.5. The second kappa shape index (κ2) is 8.61. The molecule has 2 aliphatic rings. The Morgan fingerprint density at radius 1 is 0.919 bits per heavy atom. The Hall–Kier alpha value is -3.87. The van der Waals surface area contributed by atoms with E-state index in [4.69, 9.17) is 0 Å². The van der Waals surface area contributed by atoms with Crippen LogP contribution in [0, 0.1) is 11.3 Å². The average molecular weight is 497 g/mol. The standard InChI is InChI=1S/C30H32N4O3/c1-30(2,3)23(15-27(35)26-12-19-6-4-5-7-24(19)32-26)29(37)34-17-21-14-22(34)16-33(21)28(36)20-9-8-18-10-11-31-25(18)13-20/h4-13,21-23,31-32H,14-17H2,1-3H3/t21-,22-,23+/m0/s1. The number of carbonyl (C=O) groups excluding carboxylic acids is 3. The van der Waals surface area contributed by atoms with Crippen molar-refractivity contribution in [1.29, 1.82) is 0 Å². The van der Waals surface area contributed by atoms with Crippen molar-refractivity contribution in [3.05, 3.63) is 72.1 Å². The van der Waals surface area contributed by atoms with Gasteiger partial charge in [0.25, 0.3) is 5.91 Å². The number of amides is 2.